The van der Waals surface area contributed by atoms with Crippen molar-refractivity contribution in [2.45, 2.75) is 159 Å². The number of likely N-dealkylation sites (tertiary alicyclic amines) is 2. The Hall–Kier alpha value is -5.37. The first-order chi connectivity index (χ1) is 35.0. The Kier molecular flexibility index (Phi) is 24.2. The second-order valence-electron chi connectivity index (χ2n) is 21.2. The summed E-state index contributed by atoms with van der Waals surface area (Å²) in [5.41, 5.74) is 13.3. The topological polar surface area (TPSA) is 224 Å². The number of aromatic amines is 2. The van der Waals surface area contributed by atoms with E-state index in [1.807, 2.05) is 113 Å². The number of halogens is 3. The average molecular weight is 1210 g/mol. The second kappa shape index (κ2) is 28.3. The third-order valence-corrected chi connectivity index (χ3v) is 14.1. The predicted molar refractivity (Wildman–Crippen MR) is 312 cm³/mol. The quantitative estimate of drug-likeness (QED) is 0.0946. The summed E-state index contributed by atoms with van der Waals surface area (Å²) in [5, 5.41) is 12.4. The Morgan fingerprint density at radius 1 is 0.658 bits per heavy atom. The predicted octanol–water partition coefficient (Wildman–Crippen LogP) is 10.8. The summed E-state index contributed by atoms with van der Waals surface area (Å²) in [6, 6.07) is 11.8. The fraction of sp³-hybridized carbons (Fsp3) is 0.536. The summed E-state index contributed by atoms with van der Waals surface area (Å²) in [6.45, 7) is 31.2. The van der Waals surface area contributed by atoms with Crippen molar-refractivity contribution in [2.75, 3.05) is 49.1 Å². The maximum Gasteiger partial charge on any atom is 0.410 e. The number of nitrogens with one attached hydrogen (secondary N) is 3. The van der Waals surface area contributed by atoms with Gasteiger partial charge in [-0.1, -0.05) is 31.9 Å². The van der Waals surface area contributed by atoms with Gasteiger partial charge in [0.2, 0.25) is 0 Å². The van der Waals surface area contributed by atoms with Crippen LogP contribution in [0.25, 0.3) is 0 Å². The van der Waals surface area contributed by atoms with Gasteiger partial charge in [0.15, 0.2) is 0 Å². The van der Waals surface area contributed by atoms with Crippen LogP contribution < -0.4 is 32.0 Å². The second-order valence-corrected chi connectivity index (χ2v) is 23.1. The number of H-pyrrole nitrogens is 2. The first-order valence-electron chi connectivity index (χ1n) is 25.7. The molecule has 4 heterocycles. The van der Waals surface area contributed by atoms with Crippen molar-refractivity contribution in [3.8, 4) is 0 Å². The molecular weight excluding hydrogens is 1120 g/mol. The number of anilines is 2. The van der Waals surface area contributed by atoms with Crippen LogP contribution in [0, 0.1) is 41.5 Å². The summed E-state index contributed by atoms with van der Waals surface area (Å²) in [4.78, 5) is 86.7. The molecule has 0 radical (unpaired) electrons. The van der Waals surface area contributed by atoms with Gasteiger partial charge >= 0.3 is 18.2 Å². The number of hydrogen-bond donors (Lipinski definition) is 5. The van der Waals surface area contributed by atoms with Gasteiger partial charge < -0.3 is 55.2 Å². The summed E-state index contributed by atoms with van der Waals surface area (Å²) in [6.07, 6.45) is 2.74. The molecule has 76 heavy (non-hydrogen) atoms. The molecule has 4 aromatic rings. The van der Waals surface area contributed by atoms with E-state index in [1.165, 1.54) is 0 Å². The highest BCUT2D eigenvalue weighted by molar-refractivity contribution is 9.10. The molecule has 20 heteroatoms. The molecule has 6 N–H and O–H groups in total. The van der Waals surface area contributed by atoms with Gasteiger partial charge in [0.1, 0.15) is 11.2 Å². The Bertz CT molecular complexity index is 2790. The third kappa shape index (κ3) is 18.1. The summed E-state index contributed by atoms with van der Waals surface area (Å²) in [5.74, 6) is -1.15. The van der Waals surface area contributed by atoms with Gasteiger partial charge in [0.25, 0.3) is 17.0 Å². The van der Waals surface area contributed by atoms with Crippen LogP contribution in [0.15, 0.2) is 54.9 Å². The van der Waals surface area contributed by atoms with E-state index in [4.69, 9.17) is 15.2 Å². The zero-order chi connectivity index (χ0) is 56.3. The van der Waals surface area contributed by atoms with Gasteiger partial charge in [0.05, 0.1) is 5.56 Å². The fourth-order valence-electron chi connectivity index (χ4n) is 9.51. The van der Waals surface area contributed by atoms with E-state index in [9.17, 15) is 33.9 Å². The zero-order valence-corrected chi connectivity index (χ0v) is 50.8. The number of nitrogens with two attached hydrogens (primary N) is 1. The molecule has 2 aliphatic heterocycles. The van der Waals surface area contributed by atoms with Crippen LogP contribution in [-0.2, 0) is 22.6 Å². The number of pyridine rings is 2. The lowest BCUT2D eigenvalue weighted by Crippen LogP contribution is -2.48. The van der Waals surface area contributed by atoms with Crippen molar-refractivity contribution in [1.82, 2.24) is 25.1 Å². The van der Waals surface area contributed by atoms with E-state index < -0.39 is 17.2 Å². The van der Waals surface area contributed by atoms with E-state index in [0.29, 0.717) is 55.0 Å². The molecule has 0 spiro atoms. The number of aryl methyl sites for hydroxylation is 4. The monoisotopic (exact) mass is 1200 g/mol. The molecule has 420 valence electrons. The van der Waals surface area contributed by atoms with Gasteiger partial charge in [-0.3, -0.25) is 14.4 Å². The van der Waals surface area contributed by atoms with E-state index in [2.05, 4.69) is 70.8 Å². The van der Waals surface area contributed by atoms with Crippen molar-refractivity contribution >= 4 is 79.7 Å². The molecule has 0 aliphatic carbocycles. The zero-order valence-electron chi connectivity index (χ0n) is 46.8. The number of nitrogens with zero attached hydrogens (tertiary/aromatic N) is 4. The highest BCUT2D eigenvalue weighted by atomic mass is 79.9. The van der Waals surface area contributed by atoms with Crippen molar-refractivity contribution in [1.29, 1.82) is 0 Å². The van der Waals surface area contributed by atoms with Gasteiger partial charge in [-0.05, 0) is 181 Å². The smallest absolute Gasteiger partial charge is 0.410 e. The van der Waals surface area contributed by atoms with Gasteiger partial charge in [-0.15, -0.1) is 12.4 Å². The first kappa shape index (κ1) is 64.9. The lowest BCUT2D eigenvalue weighted by molar-refractivity contribution is 0.0194. The van der Waals surface area contributed by atoms with Crippen LogP contribution >= 0.6 is 44.3 Å². The number of carboxylic acid groups (broad SMARTS) is 1. The highest BCUT2D eigenvalue weighted by Gasteiger charge is 2.32. The maximum atomic E-state index is 13.2. The summed E-state index contributed by atoms with van der Waals surface area (Å²) in [7, 11) is 0. The molecule has 6 rings (SSSR count). The number of carbonyl (C=O) groups is 4. The molecular formula is C56H81Br2ClN8O9. The molecule has 0 saturated carbocycles. The number of piperidine rings is 2. The van der Waals surface area contributed by atoms with Crippen molar-refractivity contribution in [3.63, 3.8) is 0 Å². The molecule has 2 aromatic heterocycles. The van der Waals surface area contributed by atoms with Crippen LogP contribution in [0.5, 0.6) is 0 Å². The van der Waals surface area contributed by atoms with E-state index in [0.717, 1.165) is 92.7 Å². The third-order valence-electron chi connectivity index (χ3n) is 13.2. The van der Waals surface area contributed by atoms with E-state index in [1.54, 1.807) is 15.9 Å². The van der Waals surface area contributed by atoms with Crippen LogP contribution in [0.4, 0.5) is 21.0 Å². The summed E-state index contributed by atoms with van der Waals surface area (Å²) >= 11 is 7.02. The SMILES string of the molecule is CCN(c1cc(Br)cc(C(=O)NCc2c(C)cc(C)[nH]c2=O)c1C)C1CCN(C(=O)OC(C)(C)C)CC1.CCN(c1cc(Br)cc(C(=O)O)c1C)C1CCN(C(=O)OC(C)(C)C)CC1.Cc1cc(C)c(CN)c(=O)[nH]1.Cl. The molecule has 0 bridgehead atoms. The lowest BCUT2D eigenvalue weighted by Gasteiger charge is -2.40. The molecule has 3 amide bonds. The first-order valence-corrected chi connectivity index (χ1v) is 27.3. The normalized spacial score (nSPS) is 14.0. The number of benzene rings is 2. The molecule has 2 aliphatic rings. The Morgan fingerprint density at radius 2 is 1.03 bits per heavy atom. The Labute approximate surface area is 471 Å². The minimum atomic E-state index is -0.925. The van der Waals surface area contributed by atoms with Crippen LogP contribution in [0.3, 0.4) is 0 Å². The number of aromatic carboxylic acids is 1. The van der Waals surface area contributed by atoms with E-state index >= 15 is 0 Å². The van der Waals surface area contributed by atoms with E-state index in [-0.39, 0.29) is 60.2 Å². The number of amides is 3. The number of hydrogen-bond acceptors (Lipinski definition) is 11. The standard InChI is InChI=1S/C28H39BrN4O4.C20H29BrN2O4.C8H12N2O.ClH/c1-8-33(21-9-11-32(12-10-21)27(36)37-28(5,6)7)24-15-20(29)14-22(19(24)4)25(34)30-16-23-17(2)13-18(3)31-26(23)35;1-6-23(17-12-14(21)11-16(13(17)2)18(24)25)15-7-9-22(10-8-15)19(26)27-20(3,4)5;1-5-3-6(2)10-8(11)7(5)4-9;/h13-15,21H,8-12,16H2,1-7H3,(H,30,34)(H,31,35);11-12,15H,6-10H2,1-5H3,(H,24,25);3H,4,9H2,1-2H3,(H,10,11);1H. The minimum absolute atomic E-state index is 0. The largest absolute Gasteiger partial charge is 0.478 e. The number of rotatable bonds is 11. The molecule has 0 atom stereocenters. The Balaban J connectivity index is 0.000000339. The van der Waals surface area contributed by atoms with Crippen molar-refractivity contribution in [3.05, 3.63) is 122 Å². The average Bonchev–Trinajstić information content (AvgIpc) is 3.30. The number of carboxylic acids is 1. The molecule has 0 unspecified atom stereocenters. The molecule has 17 nitrogen and oxygen atoms in total. The van der Waals surface area contributed by atoms with Crippen LogP contribution in [0.2, 0.25) is 0 Å². The fourth-order valence-corrected chi connectivity index (χ4v) is 10.4. The molecule has 2 saturated heterocycles. The van der Waals surface area contributed by atoms with Gasteiger partial charge in [0, 0.05) is 113 Å². The van der Waals surface area contributed by atoms with Crippen molar-refractivity contribution in [2.24, 2.45) is 5.73 Å². The number of aromatic nitrogens is 2. The number of carbonyl (C=O) groups excluding carboxylic acids is 3. The Morgan fingerprint density at radius 3 is 1.37 bits per heavy atom. The highest BCUT2D eigenvalue weighted by Crippen LogP contribution is 2.34. The van der Waals surface area contributed by atoms with Crippen LogP contribution in [0.1, 0.15) is 147 Å². The maximum absolute atomic E-state index is 13.2. The number of ether oxygens (including phenoxy) is 2. The van der Waals surface area contributed by atoms with Crippen LogP contribution in [-0.4, -0.2) is 111 Å². The lowest BCUT2D eigenvalue weighted by atomic mass is 9.99. The van der Waals surface area contributed by atoms with Crippen molar-refractivity contribution < 1.29 is 33.8 Å². The molecule has 2 aromatic carbocycles. The molecule has 2 fully saturated rings. The minimum Gasteiger partial charge on any atom is -0.478 e. The van der Waals surface area contributed by atoms with Gasteiger partial charge in [-0.25, -0.2) is 14.4 Å². The van der Waals surface area contributed by atoms with Gasteiger partial charge in [-0.2, -0.15) is 0 Å². The summed E-state index contributed by atoms with van der Waals surface area (Å²) < 4.78 is 12.6.